The third-order valence-corrected chi connectivity index (χ3v) is 3.33. The first kappa shape index (κ1) is 15.6. The van der Waals surface area contributed by atoms with Gasteiger partial charge in [0.1, 0.15) is 12.4 Å². The summed E-state index contributed by atoms with van der Waals surface area (Å²) in [6, 6.07) is 8.02. The van der Waals surface area contributed by atoms with E-state index in [1.54, 1.807) is 0 Å². The average molecular weight is 288 g/mol. The Morgan fingerprint density at radius 2 is 2.00 bits per heavy atom. The Labute approximate surface area is 126 Å². The van der Waals surface area contributed by atoms with Gasteiger partial charge in [0.15, 0.2) is 5.76 Å². The third-order valence-electron chi connectivity index (χ3n) is 3.33. The van der Waals surface area contributed by atoms with Crippen LogP contribution in [0.25, 0.3) is 0 Å². The molecule has 0 aliphatic heterocycles. The smallest absolute Gasteiger partial charge is 0.174 e. The van der Waals surface area contributed by atoms with Crippen molar-refractivity contribution >= 4 is 0 Å². The number of aryl methyl sites for hydroxylation is 2. The lowest BCUT2D eigenvalue weighted by Crippen LogP contribution is -2.19. The van der Waals surface area contributed by atoms with E-state index in [1.807, 2.05) is 18.2 Å². The van der Waals surface area contributed by atoms with Gasteiger partial charge in [0.05, 0.1) is 5.69 Å². The van der Waals surface area contributed by atoms with E-state index in [-0.39, 0.29) is 0 Å². The molecule has 21 heavy (non-hydrogen) atoms. The van der Waals surface area contributed by atoms with Crippen LogP contribution in [0.5, 0.6) is 5.75 Å². The molecule has 4 nitrogen and oxygen atoms in total. The molecule has 1 N–H and O–H groups in total. The molecule has 0 aliphatic carbocycles. The Hall–Kier alpha value is -1.81. The van der Waals surface area contributed by atoms with Gasteiger partial charge in [0.2, 0.25) is 0 Å². The van der Waals surface area contributed by atoms with E-state index in [4.69, 9.17) is 9.26 Å². The van der Waals surface area contributed by atoms with Crippen LogP contribution in [0.1, 0.15) is 36.4 Å². The van der Waals surface area contributed by atoms with Crippen molar-refractivity contribution in [1.29, 1.82) is 0 Å². The van der Waals surface area contributed by atoms with Crippen LogP contribution < -0.4 is 10.1 Å². The van der Waals surface area contributed by atoms with Gasteiger partial charge in [-0.2, -0.15) is 0 Å². The molecule has 1 aromatic heterocycles. The maximum Gasteiger partial charge on any atom is 0.174 e. The normalized spacial score (nSPS) is 11.1. The largest absolute Gasteiger partial charge is 0.486 e. The van der Waals surface area contributed by atoms with Crippen LogP contribution in [-0.4, -0.2) is 11.7 Å². The SMILES string of the molecule is Cc1ccc(OCc2cc(CNCC(C)C)no2)cc1C. The number of aromatic nitrogens is 1. The average Bonchev–Trinajstić information content (AvgIpc) is 2.88. The molecule has 0 atom stereocenters. The summed E-state index contributed by atoms with van der Waals surface area (Å²) in [5.74, 6) is 2.23. The Bertz CT molecular complexity index is 576. The molecule has 2 aromatic rings. The Morgan fingerprint density at radius 1 is 1.19 bits per heavy atom. The molecular formula is C17H24N2O2. The molecule has 0 aliphatic rings. The van der Waals surface area contributed by atoms with E-state index in [0.29, 0.717) is 12.5 Å². The highest BCUT2D eigenvalue weighted by Gasteiger charge is 2.06. The molecule has 114 valence electrons. The zero-order valence-corrected chi connectivity index (χ0v) is 13.3. The number of hydrogen-bond acceptors (Lipinski definition) is 4. The molecule has 0 fully saturated rings. The molecule has 0 bridgehead atoms. The molecule has 0 saturated carbocycles. The van der Waals surface area contributed by atoms with Crippen LogP contribution in [0, 0.1) is 19.8 Å². The van der Waals surface area contributed by atoms with E-state index in [2.05, 4.69) is 44.2 Å². The molecule has 4 heteroatoms. The standard InChI is InChI=1S/C17H24N2O2/c1-12(2)9-18-10-15-8-17(21-19-15)11-20-16-6-5-13(3)14(4)7-16/h5-8,12,18H,9-11H2,1-4H3. The lowest BCUT2D eigenvalue weighted by Gasteiger charge is -2.06. The van der Waals surface area contributed by atoms with Gasteiger partial charge in [-0.25, -0.2) is 0 Å². The predicted octanol–water partition coefficient (Wildman–Crippen LogP) is 3.62. The predicted molar refractivity (Wildman–Crippen MR) is 83.3 cm³/mol. The number of ether oxygens (including phenoxy) is 1. The van der Waals surface area contributed by atoms with Crippen molar-refractivity contribution in [2.75, 3.05) is 6.54 Å². The number of hydrogen-bond donors (Lipinski definition) is 1. The first-order valence-corrected chi connectivity index (χ1v) is 7.40. The molecule has 2 rings (SSSR count). The number of rotatable bonds is 7. The summed E-state index contributed by atoms with van der Waals surface area (Å²) in [5, 5.41) is 7.38. The maximum atomic E-state index is 5.73. The van der Waals surface area contributed by atoms with Crippen molar-refractivity contribution < 1.29 is 9.26 Å². The second kappa shape index (κ2) is 7.27. The van der Waals surface area contributed by atoms with Crippen LogP contribution in [-0.2, 0) is 13.2 Å². The van der Waals surface area contributed by atoms with E-state index in [0.717, 1.165) is 30.3 Å². The van der Waals surface area contributed by atoms with E-state index < -0.39 is 0 Å². The summed E-state index contributed by atoms with van der Waals surface area (Å²) in [6.45, 7) is 10.6. The highest BCUT2D eigenvalue weighted by Crippen LogP contribution is 2.18. The van der Waals surface area contributed by atoms with Crippen LogP contribution >= 0.6 is 0 Å². The van der Waals surface area contributed by atoms with Gasteiger partial charge in [0.25, 0.3) is 0 Å². The summed E-state index contributed by atoms with van der Waals surface area (Å²) in [6.07, 6.45) is 0. The minimum atomic E-state index is 0.402. The lowest BCUT2D eigenvalue weighted by atomic mass is 10.1. The van der Waals surface area contributed by atoms with Crippen molar-refractivity contribution in [2.45, 2.75) is 40.8 Å². The summed E-state index contributed by atoms with van der Waals surface area (Å²) >= 11 is 0. The van der Waals surface area contributed by atoms with Crippen LogP contribution in [0.4, 0.5) is 0 Å². The zero-order chi connectivity index (χ0) is 15.2. The topological polar surface area (TPSA) is 47.3 Å². The van der Waals surface area contributed by atoms with Crippen LogP contribution in [0.3, 0.4) is 0 Å². The van der Waals surface area contributed by atoms with Crippen LogP contribution in [0.2, 0.25) is 0 Å². The van der Waals surface area contributed by atoms with Gasteiger partial charge in [0, 0.05) is 12.6 Å². The van der Waals surface area contributed by atoms with Crippen molar-refractivity contribution in [3.8, 4) is 5.75 Å². The quantitative estimate of drug-likeness (QED) is 0.845. The fraction of sp³-hybridized carbons (Fsp3) is 0.471. The van der Waals surface area contributed by atoms with Crippen molar-refractivity contribution in [2.24, 2.45) is 5.92 Å². The lowest BCUT2D eigenvalue weighted by molar-refractivity contribution is 0.248. The van der Waals surface area contributed by atoms with Gasteiger partial charge in [-0.3, -0.25) is 0 Å². The van der Waals surface area contributed by atoms with Gasteiger partial charge >= 0.3 is 0 Å². The second-order valence-corrected chi connectivity index (χ2v) is 5.84. The zero-order valence-electron chi connectivity index (χ0n) is 13.3. The molecule has 0 spiro atoms. The van der Waals surface area contributed by atoms with Gasteiger partial charge in [-0.05, 0) is 49.6 Å². The Kier molecular flexibility index (Phi) is 5.39. The van der Waals surface area contributed by atoms with Crippen molar-refractivity contribution in [3.05, 3.63) is 46.8 Å². The fourth-order valence-corrected chi connectivity index (χ4v) is 1.95. The maximum absolute atomic E-state index is 5.73. The first-order valence-electron chi connectivity index (χ1n) is 7.40. The van der Waals surface area contributed by atoms with Gasteiger partial charge in [-0.1, -0.05) is 25.1 Å². The second-order valence-electron chi connectivity index (χ2n) is 5.84. The molecule has 0 radical (unpaired) electrons. The summed E-state index contributed by atoms with van der Waals surface area (Å²) in [7, 11) is 0. The molecule has 0 unspecified atom stereocenters. The van der Waals surface area contributed by atoms with E-state index >= 15 is 0 Å². The van der Waals surface area contributed by atoms with E-state index in [9.17, 15) is 0 Å². The van der Waals surface area contributed by atoms with Crippen LogP contribution in [0.15, 0.2) is 28.8 Å². The van der Waals surface area contributed by atoms with Gasteiger partial charge in [-0.15, -0.1) is 0 Å². The van der Waals surface area contributed by atoms with E-state index in [1.165, 1.54) is 11.1 Å². The molecule has 1 heterocycles. The monoisotopic (exact) mass is 288 g/mol. The summed E-state index contributed by atoms with van der Waals surface area (Å²) in [4.78, 5) is 0. The number of nitrogens with one attached hydrogen (secondary N) is 1. The Balaban J connectivity index is 1.83. The van der Waals surface area contributed by atoms with Crippen molar-refractivity contribution in [1.82, 2.24) is 10.5 Å². The minimum absolute atomic E-state index is 0.402. The Morgan fingerprint density at radius 3 is 2.71 bits per heavy atom. The molecule has 0 amide bonds. The molecule has 1 aromatic carbocycles. The minimum Gasteiger partial charge on any atom is -0.486 e. The summed E-state index contributed by atoms with van der Waals surface area (Å²) in [5.41, 5.74) is 3.40. The molecular weight excluding hydrogens is 264 g/mol. The van der Waals surface area contributed by atoms with Crippen molar-refractivity contribution in [3.63, 3.8) is 0 Å². The number of nitrogens with zero attached hydrogens (tertiary/aromatic N) is 1. The third kappa shape index (κ3) is 4.90. The number of benzene rings is 1. The van der Waals surface area contributed by atoms with Gasteiger partial charge < -0.3 is 14.6 Å². The summed E-state index contributed by atoms with van der Waals surface area (Å²) < 4.78 is 11.0. The first-order chi connectivity index (χ1) is 10.0. The highest BCUT2D eigenvalue weighted by molar-refractivity contribution is 5.33. The highest BCUT2D eigenvalue weighted by atomic mass is 16.5. The fourth-order valence-electron chi connectivity index (χ4n) is 1.95. The molecule has 0 saturated heterocycles.